The van der Waals surface area contributed by atoms with E-state index < -0.39 is 26.6 Å². The summed E-state index contributed by atoms with van der Waals surface area (Å²) in [6, 6.07) is 3.03. The van der Waals surface area contributed by atoms with Crippen LogP contribution in [-0.2, 0) is 9.84 Å². The molecule has 0 spiro atoms. The lowest BCUT2D eigenvalue weighted by atomic mass is 10.3. The molecule has 1 unspecified atom stereocenters. The largest absolute Gasteiger partial charge is 0.461 e. The van der Waals surface area contributed by atoms with Crippen molar-refractivity contribution in [3.63, 3.8) is 0 Å². The summed E-state index contributed by atoms with van der Waals surface area (Å²) < 4.78 is 28.0. The first-order valence-electron chi connectivity index (χ1n) is 4.75. The van der Waals surface area contributed by atoms with Gasteiger partial charge in [-0.2, -0.15) is 0 Å². The lowest BCUT2D eigenvalue weighted by Crippen LogP contribution is -2.25. The minimum absolute atomic E-state index is 0.0990. The van der Waals surface area contributed by atoms with E-state index in [0.717, 1.165) is 0 Å². The van der Waals surface area contributed by atoms with Crippen molar-refractivity contribution in [2.75, 3.05) is 5.75 Å². The van der Waals surface area contributed by atoms with Gasteiger partial charge in [0.1, 0.15) is 5.75 Å². The molecule has 0 amide bonds. The molecule has 1 atom stereocenters. The van der Waals surface area contributed by atoms with Gasteiger partial charge in [-0.25, -0.2) is 8.42 Å². The van der Waals surface area contributed by atoms with E-state index >= 15 is 0 Å². The Kier molecular flexibility index (Phi) is 3.68. The van der Waals surface area contributed by atoms with Crippen molar-refractivity contribution in [2.24, 2.45) is 0 Å². The van der Waals surface area contributed by atoms with E-state index in [-0.39, 0.29) is 5.76 Å². The standard InChI is InChI=1S/C10H14O4S/c1-3-8(2)15(12,13)7-9(11)10-5-4-6-14-10/h4-6,8H,3,7H2,1-2H3. The Hall–Kier alpha value is -1.10. The zero-order valence-electron chi connectivity index (χ0n) is 8.76. The van der Waals surface area contributed by atoms with Gasteiger partial charge in [0.15, 0.2) is 15.6 Å². The molecule has 0 aliphatic heterocycles. The summed E-state index contributed by atoms with van der Waals surface area (Å²) in [4.78, 5) is 11.5. The summed E-state index contributed by atoms with van der Waals surface area (Å²) in [6.45, 7) is 3.38. The Morgan fingerprint density at radius 2 is 2.20 bits per heavy atom. The third-order valence-corrected chi connectivity index (χ3v) is 4.54. The van der Waals surface area contributed by atoms with Crippen molar-refractivity contribution in [3.8, 4) is 0 Å². The summed E-state index contributed by atoms with van der Waals surface area (Å²) in [5.74, 6) is -0.864. The Morgan fingerprint density at radius 1 is 1.53 bits per heavy atom. The number of Topliss-reactive ketones (excluding diaryl/α,β-unsaturated/α-hetero) is 1. The highest BCUT2D eigenvalue weighted by Crippen LogP contribution is 2.10. The highest BCUT2D eigenvalue weighted by atomic mass is 32.2. The molecular formula is C10H14O4S. The molecule has 0 fully saturated rings. The quantitative estimate of drug-likeness (QED) is 0.722. The molecule has 4 nitrogen and oxygen atoms in total. The normalized spacial score (nSPS) is 13.7. The summed E-state index contributed by atoms with van der Waals surface area (Å²) in [5.41, 5.74) is 0. The number of hydrogen-bond acceptors (Lipinski definition) is 4. The van der Waals surface area contributed by atoms with Crippen molar-refractivity contribution >= 4 is 15.6 Å². The molecule has 1 rings (SSSR count). The van der Waals surface area contributed by atoms with Crippen molar-refractivity contribution < 1.29 is 17.6 Å². The molecule has 1 aromatic heterocycles. The molecule has 5 heteroatoms. The Bertz CT molecular complexity index is 416. The molecule has 0 N–H and O–H groups in total. The molecule has 15 heavy (non-hydrogen) atoms. The summed E-state index contributed by atoms with van der Waals surface area (Å²) in [6.07, 6.45) is 1.86. The number of rotatable bonds is 5. The van der Waals surface area contributed by atoms with Crippen LogP contribution in [0.4, 0.5) is 0 Å². The van der Waals surface area contributed by atoms with Crippen molar-refractivity contribution in [1.29, 1.82) is 0 Å². The maximum absolute atomic E-state index is 11.6. The van der Waals surface area contributed by atoms with Crippen LogP contribution in [0.15, 0.2) is 22.8 Å². The second kappa shape index (κ2) is 4.61. The van der Waals surface area contributed by atoms with Crippen molar-refractivity contribution in [2.45, 2.75) is 25.5 Å². The summed E-state index contributed by atoms with van der Waals surface area (Å²) in [7, 11) is -3.35. The van der Waals surface area contributed by atoms with E-state index in [1.807, 2.05) is 0 Å². The van der Waals surface area contributed by atoms with Crippen LogP contribution < -0.4 is 0 Å². The number of carbonyl (C=O) groups excluding carboxylic acids is 1. The highest BCUT2D eigenvalue weighted by molar-refractivity contribution is 7.92. The predicted molar refractivity (Wildman–Crippen MR) is 56.6 cm³/mol. The van der Waals surface area contributed by atoms with Crippen LogP contribution in [0.1, 0.15) is 30.8 Å². The molecule has 0 aromatic carbocycles. The number of hydrogen-bond donors (Lipinski definition) is 0. The fraction of sp³-hybridized carbons (Fsp3) is 0.500. The fourth-order valence-corrected chi connectivity index (χ4v) is 2.39. The molecule has 1 aromatic rings. The first-order valence-corrected chi connectivity index (χ1v) is 6.47. The van der Waals surface area contributed by atoms with E-state index in [1.165, 1.54) is 12.3 Å². The van der Waals surface area contributed by atoms with Crippen LogP contribution in [0.5, 0.6) is 0 Å². The number of furan rings is 1. The van der Waals surface area contributed by atoms with Crippen LogP contribution in [0.3, 0.4) is 0 Å². The number of carbonyl (C=O) groups is 1. The average Bonchev–Trinajstić information content (AvgIpc) is 2.68. The second-order valence-electron chi connectivity index (χ2n) is 3.43. The van der Waals surface area contributed by atoms with Crippen LogP contribution in [0, 0.1) is 0 Å². The second-order valence-corrected chi connectivity index (χ2v) is 5.85. The maximum atomic E-state index is 11.6. The molecule has 0 aliphatic carbocycles. The van der Waals surface area contributed by atoms with Crippen molar-refractivity contribution in [1.82, 2.24) is 0 Å². The first-order chi connectivity index (χ1) is 6.97. The molecule has 1 heterocycles. The Balaban J connectivity index is 2.75. The van der Waals surface area contributed by atoms with Crippen LogP contribution in [0.25, 0.3) is 0 Å². The zero-order valence-corrected chi connectivity index (χ0v) is 9.58. The van der Waals surface area contributed by atoms with Gasteiger partial charge < -0.3 is 4.42 Å². The number of ketones is 1. The van der Waals surface area contributed by atoms with Gasteiger partial charge in [-0.05, 0) is 25.5 Å². The van der Waals surface area contributed by atoms with E-state index in [2.05, 4.69) is 0 Å². The third kappa shape index (κ3) is 2.92. The van der Waals surface area contributed by atoms with Crippen LogP contribution in [-0.4, -0.2) is 25.2 Å². The van der Waals surface area contributed by atoms with Gasteiger partial charge in [-0.3, -0.25) is 4.79 Å². The van der Waals surface area contributed by atoms with Gasteiger partial charge in [0.25, 0.3) is 0 Å². The van der Waals surface area contributed by atoms with Crippen LogP contribution >= 0.6 is 0 Å². The lowest BCUT2D eigenvalue weighted by Gasteiger charge is -2.08. The molecule has 0 saturated heterocycles. The van der Waals surface area contributed by atoms with Gasteiger partial charge in [0.2, 0.25) is 5.78 Å². The monoisotopic (exact) mass is 230 g/mol. The van der Waals surface area contributed by atoms with Crippen molar-refractivity contribution in [3.05, 3.63) is 24.2 Å². The van der Waals surface area contributed by atoms with Gasteiger partial charge in [0, 0.05) is 0 Å². The summed E-state index contributed by atoms with van der Waals surface area (Å²) in [5, 5.41) is -0.489. The molecule has 0 saturated carbocycles. The minimum Gasteiger partial charge on any atom is -0.461 e. The maximum Gasteiger partial charge on any atom is 0.212 e. The predicted octanol–water partition coefficient (Wildman–Crippen LogP) is 1.68. The van der Waals surface area contributed by atoms with E-state index in [0.29, 0.717) is 6.42 Å². The Morgan fingerprint density at radius 3 is 2.67 bits per heavy atom. The fourth-order valence-electron chi connectivity index (χ4n) is 1.09. The van der Waals surface area contributed by atoms with E-state index in [4.69, 9.17) is 4.42 Å². The topological polar surface area (TPSA) is 64.3 Å². The third-order valence-electron chi connectivity index (χ3n) is 2.32. The zero-order chi connectivity index (χ0) is 11.5. The van der Waals surface area contributed by atoms with Gasteiger partial charge in [-0.1, -0.05) is 6.92 Å². The smallest absolute Gasteiger partial charge is 0.212 e. The molecule has 0 aliphatic rings. The first kappa shape index (κ1) is 12.0. The average molecular weight is 230 g/mol. The molecule has 0 radical (unpaired) electrons. The van der Waals surface area contributed by atoms with E-state index in [1.54, 1.807) is 19.9 Å². The Labute approximate surface area is 89.2 Å². The molecule has 84 valence electrons. The SMILES string of the molecule is CCC(C)S(=O)(=O)CC(=O)c1ccco1. The van der Waals surface area contributed by atoms with Crippen LogP contribution in [0.2, 0.25) is 0 Å². The lowest BCUT2D eigenvalue weighted by molar-refractivity contribution is 0.0990. The molecule has 0 bridgehead atoms. The van der Waals surface area contributed by atoms with E-state index in [9.17, 15) is 13.2 Å². The highest BCUT2D eigenvalue weighted by Gasteiger charge is 2.24. The van der Waals surface area contributed by atoms with Gasteiger partial charge >= 0.3 is 0 Å². The van der Waals surface area contributed by atoms with Gasteiger partial charge in [-0.15, -0.1) is 0 Å². The van der Waals surface area contributed by atoms with Gasteiger partial charge in [0.05, 0.1) is 11.5 Å². The minimum atomic E-state index is -3.35. The molecular weight excluding hydrogens is 216 g/mol. The number of sulfone groups is 1. The summed E-state index contributed by atoms with van der Waals surface area (Å²) >= 11 is 0.